The average Bonchev–Trinajstić information content (AvgIpc) is 2.65. The van der Waals surface area contributed by atoms with Crippen molar-refractivity contribution in [1.82, 2.24) is 5.32 Å². The summed E-state index contributed by atoms with van der Waals surface area (Å²) < 4.78 is 31.5. The van der Waals surface area contributed by atoms with Crippen molar-refractivity contribution in [2.45, 2.75) is 24.8 Å². The summed E-state index contributed by atoms with van der Waals surface area (Å²) in [6.07, 6.45) is 0. The standard InChI is InChI=1S/C19H22N2O5S/c1-14(2)20-18(22)13-26-19(23)15-9-11-17(12-10-15)27(24,25)21(3)16-7-5-4-6-8-16/h4-12,14H,13H2,1-3H3,(H,20,22). The Hall–Kier alpha value is -2.87. The number of hydrogen-bond donors (Lipinski definition) is 1. The number of rotatable bonds is 7. The number of nitrogens with one attached hydrogen (secondary N) is 1. The van der Waals surface area contributed by atoms with Crippen molar-refractivity contribution >= 4 is 27.6 Å². The van der Waals surface area contributed by atoms with E-state index in [9.17, 15) is 18.0 Å². The molecule has 0 saturated carbocycles. The molecule has 0 aromatic heterocycles. The van der Waals surface area contributed by atoms with E-state index >= 15 is 0 Å². The highest BCUT2D eigenvalue weighted by Gasteiger charge is 2.21. The maximum atomic E-state index is 12.7. The summed E-state index contributed by atoms with van der Waals surface area (Å²) >= 11 is 0. The molecule has 1 N–H and O–H groups in total. The van der Waals surface area contributed by atoms with Gasteiger partial charge in [0.1, 0.15) is 0 Å². The SMILES string of the molecule is CC(C)NC(=O)COC(=O)c1ccc(S(=O)(=O)N(C)c2ccccc2)cc1. The third kappa shape index (κ3) is 5.30. The molecule has 144 valence electrons. The Labute approximate surface area is 159 Å². The van der Waals surface area contributed by atoms with Gasteiger partial charge in [-0.1, -0.05) is 18.2 Å². The van der Waals surface area contributed by atoms with E-state index in [2.05, 4.69) is 5.32 Å². The number of hydrogen-bond acceptors (Lipinski definition) is 5. The lowest BCUT2D eigenvalue weighted by Gasteiger charge is -2.19. The van der Waals surface area contributed by atoms with Gasteiger partial charge >= 0.3 is 5.97 Å². The van der Waals surface area contributed by atoms with Gasteiger partial charge in [0.2, 0.25) is 0 Å². The van der Waals surface area contributed by atoms with Crippen LogP contribution >= 0.6 is 0 Å². The number of para-hydroxylation sites is 1. The van der Waals surface area contributed by atoms with E-state index < -0.39 is 28.5 Å². The molecule has 0 unspecified atom stereocenters. The van der Waals surface area contributed by atoms with Crippen LogP contribution in [0.3, 0.4) is 0 Å². The van der Waals surface area contributed by atoms with Gasteiger partial charge in [-0.3, -0.25) is 9.10 Å². The molecule has 0 atom stereocenters. The zero-order chi connectivity index (χ0) is 20.0. The van der Waals surface area contributed by atoms with Gasteiger partial charge in [-0.25, -0.2) is 13.2 Å². The van der Waals surface area contributed by atoms with E-state index in [0.717, 1.165) is 4.31 Å². The monoisotopic (exact) mass is 390 g/mol. The molecule has 2 aromatic rings. The maximum Gasteiger partial charge on any atom is 0.338 e. The Kier molecular flexibility index (Phi) is 6.57. The van der Waals surface area contributed by atoms with Crippen LogP contribution < -0.4 is 9.62 Å². The molecule has 0 spiro atoms. The fraction of sp³-hybridized carbons (Fsp3) is 0.263. The summed E-state index contributed by atoms with van der Waals surface area (Å²) in [6, 6.07) is 14.0. The Bertz CT molecular complexity index is 893. The minimum Gasteiger partial charge on any atom is -0.452 e. The van der Waals surface area contributed by atoms with Crippen molar-refractivity contribution in [1.29, 1.82) is 0 Å². The van der Waals surface area contributed by atoms with Crippen LogP contribution in [-0.4, -0.2) is 40.0 Å². The van der Waals surface area contributed by atoms with Crippen LogP contribution in [0.1, 0.15) is 24.2 Å². The molecule has 0 aliphatic carbocycles. The van der Waals surface area contributed by atoms with Crippen LogP contribution in [0.2, 0.25) is 0 Å². The summed E-state index contributed by atoms with van der Waals surface area (Å²) in [4.78, 5) is 23.5. The molecule has 7 nitrogen and oxygen atoms in total. The molecule has 2 rings (SSSR count). The third-order valence-corrected chi connectivity index (χ3v) is 5.45. The topological polar surface area (TPSA) is 92.8 Å². The van der Waals surface area contributed by atoms with Crippen molar-refractivity contribution in [2.75, 3.05) is 18.0 Å². The molecule has 0 aliphatic heterocycles. The number of ether oxygens (including phenoxy) is 1. The molecule has 27 heavy (non-hydrogen) atoms. The van der Waals surface area contributed by atoms with Gasteiger partial charge in [-0.15, -0.1) is 0 Å². The molecule has 2 aromatic carbocycles. The molecular weight excluding hydrogens is 368 g/mol. The lowest BCUT2D eigenvalue weighted by atomic mass is 10.2. The summed E-state index contributed by atoms with van der Waals surface area (Å²) in [7, 11) is -2.30. The zero-order valence-corrected chi connectivity index (χ0v) is 16.2. The Morgan fingerprint density at radius 1 is 1.04 bits per heavy atom. The number of anilines is 1. The first-order valence-corrected chi connectivity index (χ1v) is 9.76. The largest absolute Gasteiger partial charge is 0.452 e. The number of sulfonamides is 1. The van der Waals surface area contributed by atoms with E-state index in [0.29, 0.717) is 5.69 Å². The van der Waals surface area contributed by atoms with E-state index in [4.69, 9.17) is 4.74 Å². The lowest BCUT2D eigenvalue weighted by molar-refractivity contribution is -0.124. The normalized spacial score (nSPS) is 11.1. The first kappa shape index (κ1) is 20.4. The van der Waals surface area contributed by atoms with Gasteiger partial charge in [-0.05, 0) is 50.2 Å². The Morgan fingerprint density at radius 2 is 1.63 bits per heavy atom. The average molecular weight is 390 g/mol. The Balaban J connectivity index is 2.08. The molecule has 1 amide bonds. The minimum absolute atomic E-state index is 0.0444. The number of benzene rings is 2. The van der Waals surface area contributed by atoms with Gasteiger partial charge in [0.15, 0.2) is 6.61 Å². The van der Waals surface area contributed by atoms with Crippen LogP contribution in [0.25, 0.3) is 0 Å². The smallest absolute Gasteiger partial charge is 0.338 e. The third-order valence-electron chi connectivity index (χ3n) is 3.65. The highest BCUT2D eigenvalue weighted by molar-refractivity contribution is 7.92. The van der Waals surface area contributed by atoms with Crippen molar-refractivity contribution in [3.05, 3.63) is 60.2 Å². The molecule has 0 fully saturated rings. The second-order valence-electron chi connectivity index (χ2n) is 6.13. The fourth-order valence-electron chi connectivity index (χ4n) is 2.28. The molecule has 0 bridgehead atoms. The van der Waals surface area contributed by atoms with Crippen LogP contribution in [0.15, 0.2) is 59.5 Å². The summed E-state index contributed by atoms with van der Waals surface area (Å²) in [5, 5.41) is 2.61. The van der Waals surface area contributed by atoms with Crippen LogP contribution in [0, 0.1) is 0 Å². The number of carbonyl (C=O) groups excluding carboxylic acids is 2. The number of amides is 1. The van der Waals surface area contributed by atoms with Crippen LogP contribution in [-0.2, 0) is 19.6 Å². The molecule has 0 heterocycles. The van der Waals surface area contributed by atoms with Gasteiger partial charge in [-0.2, -0.15) is 0 Å². The predicted molar refractivity (Wildman–Crippen MR) is 102 cm³/mol. The highest BCUT2D eigenvalue weighted by atomic mass is 32.2. The molecular formula is C19H22N2O5S. The minimum atomic E-state index is -3.76. The number of esters is 1. The maximum absolute atomic E-state index is 12.7. The van der Waals surface area contributed by atoms with Crippen molar-refractivity contribution in [2.24, 2.45) is 0 Å². The molecule has 0 saturated heterocycles. The zero-order valence-electron chi connectivity index (χ0n) is 15.4. The van der Waals surface area contributed by atoms with Crippen molar-refractivity contribution in [3.8, 4) is 0 Å². The van der Waals surface area contributed by atoms with Gasteiger partial charge in [0.25, 0.3) is 15.9 Å². The number of nitrogens with zero attached hydrogens (tertiary/aromatic N) is 1. The second-order valence-corrected chi connectivity index (χ2v) is 8.10. The Morgan fingerprint density at radius 3 is 2.19 bits per heavy atom. The van der Waals surface area contributed by atoms with Gasteiger partial charge in [0.05, 0.1) is 16.1 Å². The van der Waals surface area contributed by atoms with E-state index in [-0.39, 0.29) is 16.5 Å². The quantitative estimate of drug-likeness (QED) is 0.732. The summed E-state index contributed by atoms with van der Waals surface area (Å²) in [5.74, 6) is -1.10. The van der Waals surface area contributed by atoms with Crippen LogP contribution in [0.5, 0.6) is 0 Å². The summed E-state index contributed by atoms with van der Waals surface area (Å²) in [5.41, 5.74) is 0.686. The molecule has 8 heteroatoms. The lowest BCUT2D eigenvalue weighted by Crippen LogP contribution is -2.34. The van der Waals surface area contributed by atoms with Crippen molar-refractivity contribution < 1.29 is 22.7 Å². The van der Waals surface area contributed by atoms with Crippen molar-refractivity contribution in [3.63, 3.8) is 0 Å². The second kappa shape index (κ2) is 8.68. The first-order valence-electron chi connectivity index (χ1n) is 8.32. The molecule has 0 radical (unpaired) electrons. The van der Waals surface area contributed by atoms with Crippen LogP contribution in [0.4, 0.5) is 5.69 Å². The predicted octanol–water partition coefficient (Wildman–Crippen LogP) is 2.19. The first-order chi connectivity index (χ1) is 12.7. The molecule has 0 aliphatic rings. The van der Waals surface area contributed by atoms with E-state index in [1.807, 2.05) is 0 Å². The van der Waals surface area contributed by atoms with Gasteiger partial charge < -0.3 is 10.1 Å². The fourth-order valence-corrected chi connectivity index (χ4v) is 3.47. The highest BCUT2D eigenvalue weighted by Crippen LogP contribution is 2.22. The number of carbonyl (C=O) groups is 2. The van der Waals surface area contributed by atoms with Gasteiger partial charge in [0, 0.05) is 13.1 Å². The summed E-state index contributed by atoms with van der Waals surface area (Å²) in [6.45, 7) is 3.20. The van der Waals surface area contributed by atoms with E-state index in [1.54, 1.807) is 44.2 Å². The van der Waals surface area contributed by atoms with E-state index in [1.165, 1.54) is 31.3 Å².